The third kappa shape index (κ3) is 2.64. The molecule has 3 heteroatoms. The number of hydrogen-bond acceptors (Lipinski definition) is 3. The molecule has 0 amide bonds. The van der Waals surface area contributed by atoms with Crippen molar-refractivity contribution < 1.29 is 14.3 Å². The summed E-state index contributed by atoms with van der Waals surface area (Å²) in [5.41, 5.74) is 2.47. The second kappa shape index (κ2) is 6.56. The first-order chi connectivity index (χ1) is 12.4. The van der Waals surface area contributed by atoms with Crippen molar-refractivity contribution in [3.8, 4) is 0 Å². The summed E-state index contributed by atoms with van der Waals surface area (Å²) in [6, 6.07) is 0. The maximum absolute atomic E-state index is 11.5. The molecule has 26 heavy (non-hydrogen) atoms. The van der Waals surface area contributed by atoms with Gasteiger partial charge in [-0.2, -0.15) is 0 Å². The SMILES string of the molecule is CC[C@H]1CC[C@H]2[C@@H]3CC=C4CC(OC(=O)OC)CC[C@]4(C)[C@H]3CC[C@]12C. The van der Waals surface area contributed by atoms with Gasteiger partial charge in [0, 0.05) is 6.42 Å². The number of rotatable bonds is 2. The van der Waals surface area contributed by atoms with E-state index in [4.69, 9.17) is 9.47 Å². The lowest BCUT2D eigenvalue weighted by atomic mass is 9.47. The first-order valence-corrected chi connectivity index (χ1v) is 10.9. The van der Waals surface area contributed by atoms with E-state index in [-0.39, 0.29) is 6.10 Å². The summed E-state index contributed by atoms with van der Waals surface area (Å²) in [5, 5.41) is 0. The molecule has 146 valence electrons. The molecule has 0 saturated heterocycles. The van der Waals surface area contributed by atoms with Crippen molar-refractivity contribution in [2.45, 2.75) is 84.7 Å². The molecular formula is C23H36O3. The van der Waals surface area contributed by atoms with Crippen LogP contribution in [0.2, 0.25) is 0 Å². The van der Waals surface area contributed by atoms with Gasteiger partial charge in [-0.05, 0) is 79.4 Å². The van der Waals surface area contributed by atoms with Gasteiger partial charge in [-0.1, -0.05) is 38.8 Å². The smallest absolute Gasteiger partial charge is 0.438 e. The summed E-state index contributed by atoms with van der Waals surface area (Å²) in [4.78, 5) is 11.5. The summed E-state index contributed by atoms with van der Waals surface area (Å²) in [5.74, 6) is 3.56. The zero-order valence-corrected chi connectivity index (χ0v) is 17.1. The van der Waals surface area contributed by atoms with Gasteiger partial charge in [0.05, 0.1) is 7.11 Å². The third-order valence-electron chi connectivity index (χ3n) is 9.18. The quantitative estimate of drug-likeness (QED) is 0.439. The Labute approximate surface area is 158 Å². The molecule has 0 aromatic rings. The van der Waals surface area contributed by atoms with E-state index < -0.39 is 6.16 Å². The van der Waals surface area contributed by atoms with Crippen molar-refractivity contribution in [2.75, 3.05) is 7.11 Å². The predicted octanol–water partition coefficient (Wildman–Crippen LogP) is 6.13. The van der Waals surface area contributed by atoms with Crippen LogP contribution in [-0.2, 0) is 9.47 Å². The van der Waals surface area contributed by atoms with Crippen LogP contribution in [0.1, 0.15) is 78.6 Å². The Hall–Kier alpha value is -0.990. The van der Waals surface area contributed by atoms with E-state index in [2.05, 4.69) is 26.8 Å². The highest BCUT2D eigenvalue weighted by Crippen LogP contribution is 2.66. The first kappa shape index (κ1) is 18.4. The summed E-state index contributed by atoms with van der Waals surface area (Å²) >= 11 is 0. The number of methoxy groups -OCH3 is 1. The fraction of sp³-hybridized carbons (Fsp3) is 0.870. The van der Waals surface area contributed by atoms with Crippen LogP contribution in [-0.4, -0.2) is 19.4 Å². The summed E-state index contributed by atoms with van der Waals surface area (Å²) in [6.45, 7) is 7.52. The zero-order valence-electron chi connectivity index (χ0n) is 17.1. The molecule has 3 nitrogen and oxygen atoms in total. The van der Waals surface area contributed by atoms with Gasteiger partial charge in [0.25, 0.3) is 0 Å². The van der Waals surface area contributed by atoms with Crippen LogP contribution in [0.4, 0.5) is 4.79 Å². The second-order valence-corrected chi connectivity index (χ2v) is 9.92. The first-order valence-electron chi connectivity index (χ1n) is 10.9. The van der Waals surface area contributed by atoms with Gasteiger partial charge in [-0.15, -0.1) is 0 Å². The van der Waals surface area contributed by atoms with Crippen LogP contribution in [0.25, 0.3) is 0 Å². The van der Waals surface area contributed by atoms with E-state index in [1.165, 1.54) is 45.6 Å². The van der Waals surface area contributed by atoms with E-state index in [9.17, 15) is 4.79 Å². The molecule has 4 aliphatic rings. The Morgan fingerprint density at radius 1 is 1.15 bits per heavy atom. The standard InChI is InChI=1S/C23H36O3/c1-5-15-7-9-19-18-8-6-16-14-17(26-21(24)25-4)10-12-23(16,3)20(18)11-13-22(15,19)2/h6,15,17-20H,5,7-14H2,1-4H3/t15-,17?,18-,19-,20-,22+,23-/m0/s1. The van der Waals surface area contributed by atoms with Gasteiger partial charge < -0.3 is 9.47 Å². The second-order valence-electron chi connectivity index (χ2n) is 9.92. The van der Waals surface area contributed by atoms with Gasteiger partial charge in [0.2, 0.25) is 0 Å². The lowest BCUT2D eigenvalue weighted by Crippen LogP contribution is -2.50. The average Bonchev–Trinajstić information content (AvgIpc) is 2.98. The van der Waals surface area contributed by atoms with Gasteiger partial charge in [-0.25, -0.2) is 4.79 Å². The highest BCUT2D eigenvalue weighted by molar-refractivity contribution is 5.59. The lowest BCUT2D eigenvalue weighted by molar-refractivity contribution is -0.0545. The Kier molecular flexibility index (Phi) is 4.64. The number of allylic oxidation sites excluding steroid dienone is 1. The maximum Gasteiger partial charge on any atom is 0.508 e. The van der Waals surface area contributed by atoms with E-state index in [0.717, 1.165) is 42.9 Å². The van der Waals surface area contributed by atoms with E-state index in [1.54, 1.807) is 5.57 Å². The van der Waals surface area contributed by atoms with Gasteiger partial charge in [-0.3, -0.25) is 0 Å². The summed E-state index contributed by atoms with van der Waals surface area (Å²) < 4.78 is 10.2. The van der Waals surface area contributed by atoms with Gasteiger partial charge in [0.15, 0.2) is 0 Å². The normalized spacial score (nSPS) is 47.2. The van der Waals surface area contributed by atoms with Crippen LogP contribution in [0, 0.1) is 34.5 Å². The molecule has 7 atom stereocenters. The molecule has 0 aliphatic heterocycles. The molecule has 0 N–H and O–H groups in total. The Morgan fingerprint density at radius 2 is 1.96 bits per heavy atom. The maximum atomic E-state index is 11.5. The highest BCUT2D eigenvalue weighted by atomic mass is 16.7. The minimum atomic E-state index is -0.530. The van der Waals surface area contributed by atoms with Crippen LogP contribution >= 0.6 is 0 Å². The molecule has 0 spiro atoms. The minimum Gasteiger partial charge on any atom is -0.438 e. The number of hydrogen-bond donors (Lipinski definition) is 0. The van der Waals surface area contributed by atoms with Crippen LogP contribution in [0.3, 0.4) is 0 Å². The third-order valence-corrected chi connectivity index (χ3v) is 9.18. The predicted molar refractivity (Wildman–Crippen MR) is 103 cm³/mol. The Morgan fingerprint density at radius 3 is 2.69 bits per heavy atom. The Bertz CT molecular complexity index is 596. The fourth-order valence-corrected chi connectivity index (χ4v) is 7.69. The summed E-state index contributed by atoms with van der Waals surface area (Å²) in [7, 11) is 1.39. The molecule has 4 rings (SSSR count). The van der Waals surface area contributed by atoms with Crippen molar-refractivity contribution in [2.24, 2.45) is 34.5 Å². The lowest BCUT2D eigenvalue weighted by Gasteiger charge is -2.58. The van der Waals surface area contributed by atoms with E-state index >= 15 is 0 Å². The van der Waals surface area contributed by atoms with Crippen LogP contribution < -0.4 is 0 Å². The van der Waals surface area contributed by atoms with Gasteiger partial charge >= 0.3 is 6.16 Å². The van der Waals surface area contributed by atoms with E-state index in [1.807, 2.05) is 0 Å². The van der Waals surface area contributed by atoms with Gasteiger partial charge in [0.1, 0.15) is 6.10 Å². The topological polar surface area (TPSA) is 35.5 Å². The van der Waals surface area contributed by atoms with Crippen molar-refractivity contribution in [1.29, 1.82) is 0 Å². The zero-order chi connectivity index (χ0) is 18.5. The van der Waals surface area contributed by atoms with Crippen molar-refractivity contribution in [3.05, 3.63) is 11.6 Å². The number of fused-ring (bicyclic) bond motifs is 5. The molecule has 0 aromatic heterocycles. The molecular weight excluding hydrogens is 324 g/mol. The molecule has 1 unspecified atom stereocenters. The Balaban J connectivity index is 1.55. The van der Waals surface area contributed by atoms with E-state index in [0.29, 0.717) is 10.8 Å². The molecule has 3 saturated carbocycles. The van der Waals surface area contributed by atoms with Crippen molar-refractivity contribution in [1.82, 2.24) is 0 Å². The fourth-order valence-electron chi connectivity index (χ4n) is 7.69. The molecule has 4 aliphatic carbocycles. The molecule has 0 radical (unpaired) electrons. The molecule has 0 bridgehead atoms. The molecule has 0 heterocycles. The largest absolute Gasteiger partial charge is 0.508 e. The summed E-state index contributed by atoms with van der Waals surface area (Å²) in [6.07, 6.45) is 13.4. The van der Waals surface area contributed by atoms with Crippen molar-refractivity contribution in [3.63, 3.8) is 0 Å². The monoisotopic (exact) mass is 360 g/mol. The number of carbonyl (C=O) groups is 1. The molecule has 3 fully saturated rings. The van der Waals surface area contributed by atoms with Crippen molar-refractivity contribution >= 4 is 6.16 Å². The number of ether oxygens (including phenoxy) is 2. The van der Waals surface area contributed by atoms with Crippen LogP contribution in [0.5, 0.6) is 0 Å². The molecule has 0 aromatic carbocycles. The minimum absolute atomic E-state index is 0.00290. The van der Waals surface area contributed by atoms with Crippen LogP contribution in [0.15, 0.2) is 11.6 Å². The highest BCUT2D eigenvalue weighted by Gasteiger charge is 2.58. The number of carbonyl (C=O) groups excluding carboxylic acids is 1. The average molecular weight is 361 g/mol.